The summed E-state index contributed by atoms with van der Waals surface area (Å²) in [6.07, 6.45) is 1.62. The molecule has 29 heavy (non-hydrogen) atoms. The molecule has 8 heteroatoms. The van der Waals surface area contributed by atoms with Crippen LogP contribution in [0.3, 0.4) is 0 Å². The molecule has 0 saturated carbocycles. The van der Waals surface area contributed by atoms with Crippen molar-refractivity contribution in [3.8, 4) is 23.1 Å². The number of hydrogen-bond acceptors (Lipinski definition) is 7. The lowest BCUT2D eigenvalue weighted by molar-refractivity contribution is -0.384. The SMILES string of the molecule is COc1cc([N+](=O)[O-])ccc1-c1ccc(/C=C(/C#N)c2nc3ccccc3s2)o1. The molecular weight excluding hydrogens is 390 g/mol. The molecule has 142 valence electrons. The number of aromatic nitrogens is 1. The summed E-state index contributed by atoms with van der Waals surface area (Å²) in [5, 5.41) is 21.1. The zero-order valence-corrected chi connectivity index (χ0v) is 16.0. The van der Waals surface area contributed by atoms with Crippen LogP contribution in [0, 0.1) is 21.4 Å². The minimum atomic E-state index is -0.486. The van der Waals surface area contributed by atoms with Crippen LogP contribution in [0.1, 0.15) is 10.8 Å². The lowest BCUT2D eigenvalue weighted by atomic mass is 10.1. The van der Waals surface area contributed by atoms with Gasteiger partial charge in [0.2, 0.25) is 0 Å². The Balaban J connectivity index is 1.70. The van der Waals surface area contributed by atoms with Crippen molar-refractivity contribution in [3.63, 3.8) is 0 Å². The number of ether oxygens (including phenoxy) is 1. The third-order valence-electron chi connectivity index (χ3n) is 4.22. The minimum Gasteiger partial charge on any atom is -0.496 e. The molecule has 2 aromatic heterocycles. The van der Waals surface area contributed by atoms with Gasteiger partial charge in [0.05, 0.1) is 39.5 Å². The first kappa shape index (κ1) is 18.4. The molecule has 0 amide bonds. The van der Waals surface area contributed by atoms with Crippen LogP contribution in [-0.2, 0) is 0 Å². The molecule has 0 radical (unpaired) electrons. The molecule has 0 aliphatic carbocycles. The molecule has 4 aromatic rings. The maximum Gasteiger partial charge on any atom is 0.273 e. The van der Waals surface area contributed by atoms with E-state index in [-0.39, 0.29) is 5.69 Å². The van der Waals surface area contributed by atoms with Gasteiger partial charge in [-0.3, -0.25) is 10.1 Å². The molecule has 0 spiro atoms. The maximum absolute atomic E-state index is 11.0. The van der Waals surface area contributed by atoms with Crippen LogP contribution in [-0.4, -0.2) is 17.0 Å². The number of benzene rings is 2. The first-order valence-electron chi connectivity index (χ1n) is 8.49. The monoisotopic (exact) mass is 403 g/mol. The van der Waals surface area contributed by atoms with Gasteiger partial charge < -0.3 is 9.15 Å². The molecule has 0 aliphatic rings. The average molecular weight is 403 g/mol. The molecule has 0 fully saturated rings. The van der Waals surface area contributed by atoms with Crippen molar-refractivity contribution in [1.29, 1.82) is 5.26 Å². The van der Waals surface area contributed by atoms with Gasteiger partial charge in [0.1, 0.15) is 28.3 Å². The fourth-order valence-electron chi connectivity index (χ4n) is 2.84. The Morgan fingerprint density at radius 3 is 2.83 bits per heavy atom. The van der Waals surface area contributed by atoms with Crippen molar-refractivity contribution in [2.75, 3.05) is 7.11 Å². The smallest absolute Gasteiger partial charge is 0.273 e. The van der Waals surface area contributed by atoms with Gasteiger partial charge in [0.15, 0.2) is 0 Å². The van der Waals surface area contributed by atoms with E-state index in [4.69, 9.17) is 9.15 Å². The number of nitro groups is 1. The first-order valence-corrected chi connectivity index (χ1v) is 9.31. The van der Waals surface area contributed by atoms with E-state index in [2.05, 4.69) is 11.1 Å². The third-order valence-corrected chi connectivity index (χ3v) is 5.29. The van der Waals surface area contributed by atoms with Gasteiger partial charge >= 0.3 is 0 Å². The van der Waals surface area contributed by atoms with Crippen molar-refractivity contribution < 1.29 is 14.1 Å². The molecule has 0 aliphatic heterocycles. The zero-order chi connectivity index (χ0) is 20.4. The van der Waals surface area contributed by atoms with Crippen molar-refractivity contribution >= 4 is 38.9 Å². The fraction of sp³-hybridized carbons (Fsp3) is 0.0476. The van der Waals surface area contributed by atoms with Crippen LogP contribution in [0.2, 0.25) is 0 Å². The van der Waals surface area contributed by atoms with Crippen LogP contribution < -0.4 is 4.74 Å². The van der Waals surface area contributed by atoms with Gasteiger partial charge in [-0.05, 0) is 30.3 Å². The molecule has 0 bridgehead atoms. The van der Waals surface area contributed by atoms with Crippen LogP contribution in [0.15, 0.2) is 59.0 Å². The lowest BCUT2D eigenvalue weighted by Crippen LogP contribution is -1.92. The van der Waals surface area contributed by atoms with Gasteiger partial charge in [-0.25, -0.2) is 4.98 Å². The number of fused-ring (bicyclic) bond motifs is 1. The highest BCUT2D eigenvalue weighted by Crippen LogP contribution is 2.35. The normalized spacial score (nSPS) is 11.4. The number of nitro benzene ring substituents is 1. The van der Waals surface area contributed by atoms with E-state index in [9.17, 15) is 15.4 Å². The Labute approximate surface area is 169 Å². The van der Waals surface area contributed by atoms with Crippen LogP contribution in [0.25, 0.3) is 33.2 Å². The summed E-state index contributed by atoms with van der Waals surface area (Å²) in [5.41, 5.74) is 1.74. The number of nitrogens with zero attached hydrogens (tertiary/aromatic N) is 3. The predicted molar refractivity (Wildman–Crippen MR) is 110 cm³/mol. The number of nitriles is 1. The number of rotatable bonds is 5. The topological polar surface area (TPSA) is 102 Å². The van der Waals surface area contributed by atoms with Gasteiger partial charge in [-0.1, -0.05) is 12.1 Å². The van der Waals surface area contributed by atoms with Crippen LogP contribution in [0.5, 0.6) is 5.75 Å². The Morgan fingerprint density at radius 1 is 1.28 bits per heavy atom. The second kappa shape index (κ2) is 7.58. The standard InChI is InChI=1S/C21H13N3O4S/c1-27-19-11-14(24(25)26)6-8-16(19)18-9-7-15(28-18)10-13(12-22)21-23-17-4-2-3-5-20(17)29-21/h2-11H,1H3/b13-10-. The molecule has 4 rings (SSSR count). The van der Waals surface area contributed by atoms with Gasteiger partial charge in [-0.15, -0.1) is 11.3 Å². The van der Waals surface area contributed by atoms with Crippen molar-refractivity contribution in [1.82, 2.24) is 4.98 Å². The summed E-state index contributed by atoms with van der Waals surface area (Å²) in [6.45, 7) is 0. The maximum atomic E-state index is 11.0. The van der Waals surface area contributed by atoms with E-state index < -0.39 is 4.92 Å². The quantitative estimate of drug-likeness (QED) is 0.246. The zero-order valence-electron chi connectivity index (χ0n) is 15.2. The van der Waals surface area contributed by atoms with Crippen molar-refractivity contribution in [3.05, 3.63) is 75.5 Å². The summed E-state index contributed by atoms with van der Waals surface area (Å²) >= 11 is 1.44. The largest absolute Gasteiger partial charge is 0.496 e. The number of para-hydroxylation sites is 1. The molecule has 0 saturated heterocycles. The highest BCUT2D eigenvalue weighted by atomic mass is 32.1. The van der Waals surface area contributed by atoms with Crippen LogP contribution >= 0.6 is 11.3 Å². The van der Waals surface area contributed by atoms with E-state index >= 15 is 0 Å². The summed E-state index contributed by atoms with van der Waals surface area (Å²) in [6, 6.07) is 17.6. The number of methoxy groups -OCH3 is 1. The molecule has 0 atom stereocenters. The van der Waals surface area contributed by atoms with E-state index in [1.165, 1.54) is 30.6 Å². The summed E-state index contributed by atoms with van der Waals surface area (Å²) in [4.78, 5) is 15.0. The van der Waals surface area contributed by atoms with E-state index in [1.807, 2.05) is 24.3 Å². The minimum absolute atomic E-state index is 0.0696. The van der Waals surface area contributed by atoms with Gasteiger partial charge in [0.25, 0.3) is 5.69 Å². The van der Waals surface area contributed by atoms with Crippen molar-refractivity contribution in [2.24, 2.45) is 0 Å². The molecule has 2 aromatic carbocycles. The number of non-ortho nitro benzene ring substituents is 1. The molecule has 2 heterocycles. The lowest BCUT2D eigenvalue weighted by Gasteiger charge is -2.05. The summed E-state index contributed by atoms with van der Waals surface area (Å²) in [7, 11) is 1.44. The van der Waals surface area contributed by atoms with Gasteiger partial charge in [-0.2, -0.15) is 5.26 Å². The highest BCUT2D eigenvalue weighted by molar-refractivity contribution is 7.19. The fourth-order valence-corrected chi connectivity index (χ4v) is 3.78. The average Bonchev–Trinajstić information content (AvgIpc) is 3.38. The highest BCUT2D eigenvalue weighted by Gasteiger charge is 2.16. The Bertz CT molecular complexity index is 1260. The van der Waals surface area contributed by atoms with E-state index in [0.717, 1.165) is 10.2 Å². The Kier molecular flexibility index (Phi) is 4.81. The second-order valence-corrected chi connectivity index (χ2v) is 7.03. The second-order valence-electron chi connectivity index (χ2n) is 6.00. The number of furan rings is 1. The van der Waals surface area contributed by atoms with E-state index in [1.54, 1.807) is 24.3 Å². The molecule has 0 unspecified atom stereocenters. The number of thiazole rings is 1. The third kappa shape index (κ3) is 3.59. The van der Waals surface area contributed by atoms with Crippen molar-refractivity contribution in [2.45, 2.75) is 0 Å². The predicted octanol–water partition coefficient (Wildman–Crippen LogP) is 5.54. The van der Waals surface area contributed by atoms with Gasteiger partial charge in [0, 0.05) is 12.1 Å². The molecule has 7 nitrogen and oxygen atoms in total. The first-order chi connectivity index (χ1) is 14.1. The number of allylic oxidation sites excluding steroid dienone is 1. The molecular formula is C21H13N3O4S. The molecule has 0 N–H and O–H groups in total. The Morgan fingerprint density at radius 2 is 2.10 bits per heavy atom. The number of hydrogen-bond donors (Lipinski definition) is 0. The summed E-state index contributed by atoms with van der Waals surface area (Å²) in [5.74, 6) is 1.27. The Hall–Kier alpha value is -3.96. The van der Waals surface area contributed by atoms with Crippen LogP contribution in [0.4, 0.5) is 5.69 Å². The summed E-state index contributed by atoms with van der Waals surface area (Å²) < 4.78 is 12.1. The van der Waals surface area contributed by atoms with E-state index in [0.29, 0.717) is 33.4 Å².